The fraction of sp³-hybridized carbons (Fsp3) is 0.192. The molecule has 3 aromatic rings. The number of nitrogens with one attached hydrogen (secondary N) is 3. The van der Waals surface area contributed by atoms with Crippen molar-refractivity contribution in [1.29, 1.82) is 0 Å². The smallest absolute Gasteiger partial charge is 0.257 e. The van der Waals surface area contributed by atoms with Gasteiger partial charge in [-0.2, -0.15) is 0 Å². The third-order valence-corrected chi connectivity index (χ3v) is 4.97. The molecular weight excluding hydrogens is 434 g/mol. The van der Waals surface area contributed by atoms with Crippen LogP contribution in [0.15, 0.2) is 78.9 Å². The molecule has 0 bridgehead atoms. The zero-order chi connectivity index (χ0) is 23.5. The predicted molar refractivity (Wildman–Crippen MR) is 135 cm³/mol. The molecule has 0 heterocycles. The Kier molecular flexibility index (Phi) is 8.97. The van der Waals surface area contributed by atoms with E-state index in [1.807, 2.05) is 36.4 Å². The van der Waals surface area contributed by atoms with Gasteiger partial charge in [0.1, 0.15) is 5.75 Å². The topological polar surface area (TPSA) is 79.5 Å². The van der Waals surface area contributed by atoms with E-state index in [2.05, 4.69) is 22.9 Å². The fourth-order valence-corrected chi connectivity index (χ4v) is 3.23. The number of thiocarbonyl (C=S) groups is 1. The predicted octanol–water partition coefficient (Wildman–Crippen LogP) is 4.92. The Labute approximate surface area is 199 Å². The van der Waals surface area contributed by atoms with Crippen LogP contribution in [-0.2, 0) is 6.54 Å². The zero-order valence-corrected chi connectivity index (χ0v) is 19.3. The van der Waals surface area contributed by atoms with Crippen molar-refractivity contribution in [2.24, 2.45) is 0 Å². The van der Waals surface area contributed by atoms with Gasteiger partial charge in [0.05, 0.1) is 6.61 Å². The third-order valence-electron chi connectivity index (χ3n) is 4.77. The van der Waals surface area contributed by atoms with Gasteiger partial charge in [0.25, 0.3) is 11.8 Å². The molecule has 3 rings (SSSR count). The molecule has 0 spiro atoms. The van der Waals surface area contributed by atoms with Gasteiger partial charge < -0.3 is 15.4 Å². The molecule has 0 fully saturated rings. The molecule has 0 atom stereocenters. The molecule has 0 saturated heterocycles. The summed E-state index contributed by atoms with van der Waals surface area (Å²) in [5, 5.41) is 8.65. The van der Waals surface area contributed by atoms with E-state index in [4.69, 9.17) is 17.0 Å². The van der Waals surface area contributed by atoms with Crippen LogP contribution in [0, 0.1) is 0 Å². The van der Waals surface area contributed by atoms with Crippen molar-refractivity contribution in [3.8, 4) is 5.75 Å². The molecule has 7 heteroatoms. The fourth-order valence-electron chi connectivity index (χ4n) is 3.02. The Morgan fingerprint density at radius 1 is 0.879 bits per heavy atom. The summed E-state index contributed by atoms with van der Waals surface area (Å²) in [6, 6.07) is 23.6. The van der Waals surface area contributed by atoms with Crippen molar-refractivity contribution in [1.82, 2.24) is 10.6 Å². The molecule has 0 saturated carbocycles. The number of ether oxygens (including phenoxy) is 1. The van der Waals surface area contributed by atoms with Crippen molar-refractivity contribution < 1.29 is 14.3 Å². The number of hydrogen-bond acceptors (Lipinski definition) is 4. The number of carbonyl (C=O) groups excluding carboxylic acids is 2. The minimum Gasteiger partial charge on any atom is -0.494 e. The first-order valence-electron chi connectivity index (χ1n) is 10.8. The van der Waals surface area contributed by atoms with Crippen molar-refractivity contribution >= 4 is 34.8 Å². The highest BCUT2D eigenvalue weighted by Gasteiger charge is 2.11. The summed E-state index contributed by atoms with van der Waals surface area (Å²) in [5.74, 6) is 0.103. The molecule has 0 aliphatic rings. The molecule has 0 aromatic heterocycles. The van der Waals surface area contributed by atoms with Crippen LogP contribution in [0.5, 0.6) is 5.75 Å². The SMILES string of the molecule is CCCCOc1cccc(C(=O)NC(=S)Nc2cccc(C(=O)NCc3ccccc3)c2)c1. The van der Waals surface area contributed by atoms with Crippen molar-refractivity contribution in [2.45, 2.75) is 26.3 Å². The highest BCUT2D eigenvalue weighted by molar-refractivity contribution is 7.80. The van der Waals surface area contributed by atoms with Crippen LogP contribution >= 0.6 is 12.2 Å². The van der Waals surface area contributed by atoms with E-state index in [1.54, 1.807) is 42.5 Å². The van der Waals surface area contributed by atoms with Crippen LogP contribution in [0.4, 0.5) is 5.69 Å². The number of unbranched alkanes of at least 4 members (excludes halogenated alkanes) is 1. The maximum atomic E-state index is 12.6. The molecule has 3 N–H and O–H groups in total. The second-order valence-electron chi connectivity index (χ2n) is 7.39. The summed E-state index contributed by atoms with van der Waals surface area (Å²) in [5.41, 5.74) is 2.55. The second-order valence-corrected chi connectivity index (χ2v) is 7.80. The van der Waals surface area contributed by atoms with Crippen molar-refractivity contribution in [2.75, 3.05) is 11.9 Å². The number of anilines is 1. The first-order valence-corrected chi connectivity index (χ1v) is 11.2. The number of amides is 2. The summed E-state index contributed by atoms with van der Waals surface area (Å²) < 4.78 is 5.66. The molecule has 3 aromatic carbocycles. The Hall–Kier alpha value is -3.71. The van der Waals surface area contributed by atoms with Crippen LogP contribution in [0.25, 0.3) is 0 Å². The van der Waals surface area contributed by atoms with Gasteiger partial charge in [0, 0.05) is 23.4 Å². The Balaban J connectivity index is 1.54. The average molecular weight is 462 g/mol. The number of carbonyl (C=O) groups is 2. The molecule has 0 unspecified atom stereocenters. The monoisotopic (exact) mass is 461 g/mol. The lowest BCUT2D eigenvalue weighted by Crippen LogP contribution is -2.34. The molecule has 170 valence electrons. The summed E-state index contributed by atoms with van der Waals surface area (Å²) >= 11 is 5.28. The van der Waals surface area contributed by atoms with E-state index >= 15 is 0 Å². The molecular formula is C26H27N3O3S. The lowest BCUT2D eigenvalue weighted by molar-refractivity contribution is 0.0948. The number of rotatable bonds is 9. The maximum Gasteiger partial charge on any atom is 0.257 e. The minimum atomic E-state index is -0.342. The van der Waals surface area contributed by atoms with Crippen LogP contribution in [-0.4, -0.2) is 23.5 Å². The summed E-state index contributed by atoms with van der Waals surface area (Å²) in [6.07, 6.45) is 1.99. The third kappa shape index (κ3) is 7.73. The van der Waals surface area contributed by atoms with E-state index in [1.165, 1.54) is 0 Å². The van der Waals surface area contributed by atoms with Gasteiger partial charge in [0.15, 0.2) is 5.11 Å². The van der Waals surface area contributed by atoms with Gasteiger partial charge in [-0.3, -0.25) is 14.9 Å². The summed E-state index contributed by atoms with van der Waals surface area (Å²) in [7, 11) is 0. The van der Waals surface area contributed by atoms with Gasteiger partial charge >= 0.3 is 0 Å². The molecule has 6 nitrogen and oxygen atoms in total. The van der Waals surface area contributed by atoms with E-state index in [-0.39, 0.29) is 16.9 Å². The largest absolute Gasteiger partial charge is 0.494 e. The Morgan fingerprint density at radius 2 is 1.61 bits per heavy atom. The quantitative estimate of drug-likeness (QED) is 0.311. The number of benzene rings is 3. The number of hydrogen-bond donors (Lipinski definition) is 3. The van der Waals surface area contributed by atoms with Gasteiger partial charge in [-0.15, -0.1) is 0 Å². The van der Waals surface area contributed by atoms with Crippen molar-refractivity contribution in [3.05, 3.63) is 95.6 Å². The first kappa shape index (κ1) is 23.9. The summed E-state index contributed by atoms with van der Waals surface area (Å²) in [4.78, 5) is 25.1. The van der Waals surface area contributed by atoms with Crippen molar-refractivity contribution in [3.63, 3.8) is 0 Å². The standard InChI is InChI=1S/C26H27N3O3S/c1-2-3-15-32-23-14-8-12-21(17-23)25(31)29-26(33)28-22-13-7-11-20(16-22)24(30)27-18-19-9-5-4-6-10-19/h4-14,16-17H,2-3,15,18H2,1H3,(H,27,30)(H2,28,29,31,33). The average Bonchev–Trinajstić information content (AvgIpc) is 2.83. The van der Waals surface area contributed by atoms with E-state index < -0.39 is 0 Å². The van der Waals surface area contributed by atoms with Crippen LogP contribution in [0.1, 0.15) is 46.0 Å². The molecule has 33 heavy (non-hydrogen) atoms. The van der Waals surface area contributed by atoms with Crippen LogP contribution in [0.2, 0.25) is 0 Å². The lowest BCUT2D eigenvalue weighted by atomic mass is 10.1. The first-order chi connectivity index (χ1) is 16.0. The Bertz CT molecular complexity index is 1100. The molecule has 0 radical (unpaired) electrons. The molecule has 0 aliphatic carbocycles. The zero-order valence-electron chi connectivity index (χ0n) is 18.5. The molecule has 2 amide bonds. The Morgan fingerprint density at radius 3 is 2.36 bits per heavy atom. The summed E-state index contributed by atoms with van der Waals surface area (Å²) in [6.45, 7) is 3.14. The highest BCUT2D eigenvalue weighted by Crippen LogP contribution is 2.15. The normalized spacial score (nSPS) is 10.2. The van der Waals surface area contributed by atoms with Gasteiger partial charge in [-0.1, -0.05) is 55.8 Å². The maximum absolute atomic E-state index is 12.6. The van der Waals surface area contributed by atoms with E-state index in [0.29, 0.717) is 35.7 Å². The minimum absolute atomic E-state index is 0.138. The van der Waals surface area contributed by atoms with E-state index in [0.717, 1.165) is 18.4 Å². The highest BCUT2D eigenvalue weighted by atomic mass is 32.1. The van der Waals surface area contributed by atoms with Crippen LogP contribution in [0.3, 0.4) is 0 Å². The van der Waals surface area contributed by atoms with E-state index in [9.17, 15) is 9.59 Å². The van der Waals surface area contributed by atoms with Gasteiger partial charge in [0.2, 0.25) is 0 Å². The van der Waals surface area contributed by atoms with Gasteiger partial charge in [-0.25, -0.2) is 0 Å². The van der Waals surface area contributed by atoms with Gasteiger partial charge in [-0.05, 0) is 60.6 Å². The second kappa shape index (κ2) is 12.4. The van der Waals surface area contributed by atoms with Crippen LogP contribution < -0.4 is 20.7 Å². The lowest BCUT2D eigenvalue weighted by Gasteiger charge is -2.12. The molecule has 0 aliphatic heterocycles.